The second kappa shape index (κ2) is 4.98. The van der Waals surface area contributed by atoms with Crippen LogP contribution in [-0.2, 0) is 0 Å². The Morgan fingerprint density at radius 3 is 2.35 bits per heavy atom. The lowest BCUT2D eigenvalue weighted by Crippen LogP contribution is -2.14. The van der Waals surface area contributed by atoms with Crippen molar-refractivity contribution >= 4 is 10.8 Å². The Bertz CT molecular complexity index is 771. The molecule has 2 aromatic carbocycles. The van der Waals surface area contributed by atoms with Crippen LogP contribution in [0.25, 0.3) is 10.8 Å². The fraction of sp³-hybridized carbons (Fsp3) is 0.0625. The number of halogens is 2. The van der Waals surface area contributed by atoms with E-state index in [0.29, 0.717) is 21.9 Å². The van der Waals surface area contributed by atoms with Crippen molar-refractivity contribution in [1.29, 1.82) is 0 Å². The van der Waals surface area contributed by atoms with Gasteiger partial charge in [0.15, 0.2) is 0 Å². The molecule has 1 unspecified atom stereocenters. The molecule has 1 aromatic heterocycles. The van der Waals surface area contributed by atoms with Crippen molar-refractivity contribution in [1.82, 2.24) is 4.98 Å². The quantitative estimate of drug-likeness (QED) is 0.773. The maximum atomic E-state index is 13.8. The van der Waals surface area contributed by atoms with Crippen LogP contribution in [0, 0.1) is 11.6 Å². The van der Waals surface area contributed by atoms with Crippen LogP contribution in [-0.4, -0.2) is 4.98 Å². The molecule has 0 saturated heterocycles. The first-order valence-electron chi connectivity index (χ1n) is 6.20. The molecule has 0 amide bonds. The summed E-state index contributed by atoms with van der Waals surface area (Å²) >= 11 is 0. The van der Waals surface area contributed by atoms with E-state index < -0.39 is 11.9 Å². The molecule has 2 nitrogen and oxygen atoms in total. The van der Waals surface area contributed by atoms with E-state index in [9.17, 15) is 8.78 Å². The van der Waals surface area contributed by atoms with Crippen molar-refractivity contribution < 1.29 is 8.78 Å². The number of aromatic nitrogens is 1. The van der Waals surface area contributed by atoms with Gasteiger partial charge in [-0.1, -0.05) is 30.3 Å². The van der Waals surface area contributed by atoms with Crippen molar-refractivity contribution in [3.63, 3.8) is 0 Å². The van der Waals surface area contributed by atoms with E-state index in [-0.39, 0.29) is 5.82 Å². The minimum absolute atomic E-state index is 0.313. The summed E-state index contributed by atoms with van der Waals surface area (Å²) < 4.78 is 27.6. The Morgan fingerprint density at radius 2 is 1.60 bits per heavy atom. The monoisotopic (exact) mass is 270 g/mol. The summed E-state index contributed by atoms with van der Waals surface area (Å²) in [5, 5.41) is 1.17. The van der Waals surface area contributed by atoms with E-state index in [2.05, 4.69) is 4.98 Å². The topological polar surface area (TPSA) is 38.9 Å². The van der Waals surface area contributed by atoms with Gasteiger partial charge in [0.05, 0.1) is 12.2 Å². The second-order valence-corrected chi connectivity index (χ2v) is 4.56. The molecule has 0 aliphatic carbocycles. The highest BCUT2D eigenvalue weighted by Crippen LogP contribution is 2.29. The third kappa shape index (κ3) is 2.04. The number of rotatable bonds is 2. The molecular weight excluding hydrogens is 258 g/mol. The summed E-state index contributed by atoms with van der Waals surface area (Å²) in [6.07, 6.45) is 2.62. The Kier molecular flexibility index (Phi) is 3.16. The van der Waals surface area contributed by atoms with Crippen molar-refractivity contribution in [3.8, 4) is 0 Å². The molecule has 3 rings (SSSR count). The lowest BCUT2D eigenvalue weighted by atomic mass is 9.94. The van der Waals surface area contributed by atoms with Crippen molar-refractivity contribution in [2.75, 3.05) is 0 Å². The Balaban J connectivity index is 2.20. The van der Waals surface area contributed by atoms with E-state index in [1.54, 1.807) is 30.3 Å². The highest BCUT2D eigenvalue weighted by atomic mass is 19.1. The van der Waals surface area contributed by atoms with Crippen LogP contribution in [0.2, 0.25) is 0 Å². The first-order chi connectivity index (χ1) is 9.68. The predicted octanol–water partition coefficient (Wildman–Crippen LogP) is 3.56. The van der Waals surface area contributed by atoms with Crippen molar-refractivity contribution in [2.45, 2.75) is 6.04 Å². The van der Waals surface area contributed by atoms with Gasteiger partial charge in [-0.3, -0.25) is 4.98 Å². The first-order valence-corrected chi connectivity index (χ1v) is 6.20. The molecule has 0 aliphatic heterocycles. The number of pyridine rings is 1. The third-order valence-corrected chi connectivity index (χ3v) is 3.38. The highest BCUT2D eigenvalue weighted by Gasteiger charge is 2.16. The van der Waals surface area contributed by atoms with Gasteiger partial charge in [0.2, 0.25) is 0 Å². The maximum absolute atomic E-state index is 13.8. The Hall–Kier alpha value is -2.33. The van der Waals surface area contributed by atoms with Gasteiger partial charge in [-0.2, -0.15) is 0 Å². The van der Waals surface area contributed by atoms with Gasteiger partial charge in [-0.25, -0.2) is 8.78 Å². The van der Waals surface area contributed by atoms with Crippen LogP contribution in [0.15, 0.2) is 54.9 Å². The van der Waals surface area contributed by atoms with Crippen molar-refractivity contribution in [2.24, 2.45) is 5.73 Å². The SMILES string of the molecule is NC(c1ccncc1F)c1ccc(F)c2ccccc12. The van der Waals surface area contributed by atoms with Crippen LogP contribution >= 0.6 is 0 Å². The fourth-order valence-electron chi connectivity index (χ4n) is 2.36. The number of hydrogen-bond donors (Lipinski definition) is 1. The number of nitrogens with two attached hydrogens (primary N) is 1. The molecule has 1 heterocycles. The van der Waals surface area contributed by atoms with E-state index in [1.807, 2.05) is 0 Å². The number of benzene rings is 2. The fourth-order valence-corrected chi connectivity index (χ4v) is 2.36. The van der Waals surface area contributed by atoms with Gasteiger partial charge >= 0.3 is 0 Å². The minimum Gasteiger partial charge on any atom is -0.320 e. The zero-order valence-electron chi connectivity index (χ0n) is 10.6. The standard InChI is InChI=1S/C16H12F2N2/c17-14-6-5-12(10-3-1-2-4-11(10)14)16(19)13-7-8-20-9-15(13)18/h1-9,16H,19H2. The molecule has 20 heavy (non-hydrogen) atoms. The number of fused-ring (bicyclic) bond motifs is 1. The summed E-state index contributed by atoms with van der Waals surface area (Å²) in [5.74, 6) is -0.778. The van der Waals surface area contributed by atoms with Crippen LogP contribution in [0.3, 0.4) is 0 Å². The van der Waals surface area contributed by atoms with Gasteiger partial charge < -0.3 is 5.73 Å². The predicted molar refractivity (Wildman–Crippen MR) is 74.1 cm³/mol. The highest BCUT2D eigenvalue weighted by molar-refractivity contribution is 5.87. The van der Waals surface area contributed by atoms with E-state index >= 15 is 0 Å². The molecular formula is C16H12F2N2. The molecule has 0 spiro atoms. The lowest BCUT2D eigenvalue weighted by molar-refractivity contribution is 0.593. The molecule has 1 atom stereocenters. The van der Waals surface area contributed by atoms with Gasteiger partial charge in [0.25, 0.3) is 0 Å². The van der Waals surface area contributed by atoms with Crippen LogP contribution in [0.4, 0.5) is 8.78 Å². The molecule has 0 saturated carbocycles. The van der Waals surface area contributed by atoms with Gasteiger partial charge in [-0.15, -0.1) is 0 Å². The lowest BCUT2D eigenvalue weighted by Gasteiger charge is -2.16. The first kappa shape index (κ1) is 12.7. The van der Waals surface area contributed by atoms with Crippen LogP contribution in [0.1, 0.15) is 17.2 Å². The molecule has 0 aliphatic rings. The third-order valence-electron chi connectivity index (χ3n) is 3.38. The van der Waals surface area contributed by atoms with Gasteiger partial charge in [0, 0.05) is 17.1 Å². The molecule has 0 fully saturated rings. The smallest absolute Gasteiger partial charge is 0.146 e. The zero-order chi connectivity index (χ0) is 14.1. The summed E-state index contributed by atoms with van der Waals surface area (Å²) in [6.45, 7) is 0. The van der Waals surface area contributed by atoms with E-state index in [4.69, 9.17) is 5.73 Å². The van der Waals surface area contributed by atoms with Crippen LogP contribution < -0.4 is 5.73 Å². The normalized spacial score (nSPS) is 12.6. The largest absolute Gasteiger partial charge is 0.320 e. The minimum atomic E-state index is -0.663. The molecule has 2 N–H and O–H groups in total. The summed E-state index contributed by atoms with van der Waals surface area (Å²) in [6, 6.07) is 10.9. The van der Waals surface area contributed by atoms with Crippen molar-refractivity contribution in [3.05, 3.63) is 77.6 Å². The average molecular weight is 270 g/mol. The molecule has 4 heteroatoms. The summed E-state index contributed by atoms with van der Waals surface area (Å²) in [4.78, 5) is 3.71. The Labute approximate surface area is 114 Å². The molecule has 0 bridgehead atoms. The molecule has 100 valence electrons. The van der Waals surface area contributed by atoms with E-state index in [0.717, 1.165) is 6.20 Å². The maximum Gasteiger partial charge on any atom is 0.146 e. The summed E-state index contributed by atoms with van der Waals surface area (Å²) in [5.41, 5.74) is 7.17. The van der Waals surface area contributed by atoms with Crippen LogP contribution in [0.5, 0.6) is 0 Å². The van der Waals surface area contributed by atoms with Gasteiger partial charge in [0.1, 0.15) is 11.6 Å². The Morgan fingerprint density at radius 1 is 0.850 bits per heavy atom. The second-order valence-electron chi connectivity index (χ2n) is 4.56. The number of hydrogen-bond acceptors (Lipinski definition) is 2. The zero-order valence-corrected chi connectivity index (χ0v) is 10.6. The number of nitrogens with zero attached hydrogens (tertiary/aromatic N) is 1. The molecule has 0 radical (unpaired) electrons. The van der Waals surface area contributed by atoms with Gasteiger partial charge in [-0.05, 0) is 23.1 Å². The molecule has 3 aromatic rings. The average Bonchev–Trinajstić information content (AvgIpc) is 2.48. The van der Waals surface area contributed by atoms with E-state index in [1.165, 1.54) is 18.3 Å². The summed E-state index contributed by atoms with van der Waals surface area (Å²) in [7, 11) is 0.